The molecule has 0 spiro atoms. The van der Waals surface area contributed by atoms with Gasteiger partial charge in [-0.2, -0.15) is 0 Å². The second-order valence-corrected chi connectivity index (χ2v) is 10.4. The topological polar surface area (TPSA) is 79.0 Å². The lowest BCUT2D eigenvalue weighted by molar-refractivity contribution is -0.121. The summed E-state index contributed by atoms with van der Waals surface area (Å²) in [6, 6.07) is 15.2. The van der Waals surface area contributed by atoms with Crippen LogP contribution in [0.15, 0.2) is 54.6 Å². The molecule has 1 saturated heterocycles. The van der Waals surface area contributed by atoms with Crippen LogP contribution >= 0.6 is 0 Å². The minimum Gasteiger partial charge on any atom is -0.457 e. The summed E-state index contributed by atoms with van der Waals surface area (Å²) in [5.74, 6) is 0.975. The number of carbonyl (C=O) groups excluding carboxylic acids is 1. The van der Waals surface area contributed by atoms with Gasteiger partial charge in [0.15, 0.2) is 0 Å². The third kappa shape index (κ3) is 7.75. The van der Waals surface area contributed by atoms with Crippen LogP contribution in [0.4, 0.5) is 5.69 Å². The van der Waals surface area contributed by atoms with Crippen molar-refractivity contribution in [2.24, 2.45) is 0 Å². The summed E-state index contributed by atoms with van der Waals surface area (Å²) in [6.45, 7) is 5.33. The summed E-state index contributed by atoms with van der Waals surface area (Å²) >= 11 is 0. The molecule has 0 aromatic heterocycles. The lowest BCUT2D eigenvalue weighted by Gasteiger charge is -2.28. The molecule has 1 atom stereocenters. The van der Waals surface area contributed by atoms with Gasteiger partial charge in [-0.25, -0.2) is 8.42 Å². The first kappa shape index (κ1) is 25.1. The Hall–Kier alpha value is -2.58. The number of hydrogen-bond acceptors (Lipinski definition) is 5. The summed E-state index contributed by atoms with van der Waals surface area (Å²) < 4.78 is 32.0. The number of carbonyl (C=O) groups is 1. The number of nitrogens with one attached hydrogen (secondary N) is 1. The van der Waals surface area contributed by atoms with Gasteiger partial charge in [0.1, 0.15) is 17.5 Å². The highest BCUT2D eigenvalue weighted by atomic mass is 32.2. The molecule has 0 aliphatic carbocycles. The molecule has 180 valence electrons. The predicted octanol–water partition coefficient (Wildman–Crippen LogP) is 4.02. The fraction of sp³-hybridized carbons (Fsp3) is 0.480. The molecule has 1 N–H and O–H groups in total. The second kappa shape index (κ2) is 12.0. The van der Waals surface area contributed by atoms with Crippen LogP contribution in [-0.2, 0) is 14.8 Å². The average Bonchev–Trinajstić information content (AvgIpc) is 3.06. The van der Waals surface area contributed by atoms with Crippen molar-refractivity contribution in [2.75, 3.05) is 36.7 Å². The van der Waals surface area contributed by atoms with E-state index in [-0.39, 0.29) is 5.91 Å². The third-order valence-electron chi connectivity index (χ3n) is 5.81. The third-order valence-corrected chi connectivity index (χ3v) is 7.05. The zero-order valence-electron chi connectivity index (χ0n) is 19.6. The Bertz CT molecular complexity index is 972. The molecule has 0 saturated carbocycles. The van der Waals surface area contributed by atoms with Crippen LogP contribution in [0.1, 0.15) is 39.0 Å². The van der Waals surface area contributed by atoms with Crippen LogP contribution in [0.2, 0.25) is 0 Å². The summed E-state index contributed by atoms with van der Waals surface area (Å²) in [5.41, 5.74) is 0.421. The summed E-state index contributed by atoms with van der Waals surface area (Å²) in [5, 5.41) is 2.91. The van der Waals surface area contributed by atoms with Crippen molar-refractivity contribution in [1.29, 1.82) is 0 Å². The van der Waals surface area contributed by atoms with Gasteiger partial charge in [-0.1, -0.05) is 31.0 Å². The molecule has 1 amide bonds. The molecule has 33 heavy (non-hydrogen) atoms. The van der Waals surface area contributed by atoms with E-state index in [4.69, 9.17) is 4.74 Å². The van der Waals surface area contributed by atoms with E-state index in [9.17, 15) is 13.2 Å². The van der Waals surface area contributed by atoms with Crippen LogP contribution in [-0.4, -0.2) is 57.7 Å². The molecule has 8 heteroatoms. The maximum Gasteiger partial charge on any atom is 0.243 e. The molecule has 3 rings (SSSR count). The van der Waals surface area contributed by atoms with Crippen molar-refractivity contribution in [3.63, 3.8) is 0 Å². The molecule has 7 nitrogen and oxygen atoms in total. The van der Waals surface area contributed by atoms with Gasteiger partial charge in [0, 0.05) is 6.54 Å². The molecule has 1 heterocycles. The van der Waals surface area contributed by atoms with E-state index in [1.54, 1.807) is 31.2 Å². The number of benzene rings is 2. The van der Waals surface area contributed by atoms with Gasteiger partial charge in [0.2, 0.25) is 15.9 Å². The first-order valence-corrected chi connectivity index (χ1v) is 13.5. The summed E-state index contributed by atoms with van der Waals surface area (Å²) in [6.07, 6.45) is 7.04. The Morgan fingerprint density at radius 1 is 1.00 bits per heavy atom. The van der Waals surface area contributed by atoms with Gasteiger partial charge in [-0.05, 0) is 82.2 Å². The molecular weight excluding hydrogens is 438 g/mol. The number of para-hydroxylation sites is 1. The SMILES string of the molecule is C[C@H](C(=O)NCCCN1CCCCCC1)N(c1ccc(Oc2ccccc2)cc1)S(C)(=O)=O. The van der Waals surface area contributed by atoms with E-state index in [0.717, 1.165) is 36.6 Å². The van der Waals surface area contributed by atoms with Crippen LogP contribution in [0, 0.1) is 0 Å². The maximum atomic E-state index is 12.8. The Kier molecular flexibility index (Phi) is 9.14. The number of likely N-dealkylation sites (tertiary alicyclic amines) is 1. The molecule has 0 bridgehead atoms. The standard InChI is InChI=1S/C25H35N3O4S/c1-21(25(29)26-17-10-20-27-18-8-3-4-9-19-27)28(33(2,30)31)22-13-15-24(16-14-22)32-23-11-6-5-7-12-23/h5-7,11-16,21H,3-4,8-10,17-20H2,1-2H3,(H,26,29)/t21-/m1/s1. The van der Waals surface area contributed by atoms with Crippen molar-refractivity contribution in [1.82, 2.24) is 10.2 Å². The average molecular weight is 474 g/mol. The van der Waals surface area contributed by atoms with Gasteiger partial charge >= 0.3 is 0 Å². The smallest absolute Gasteiger partial charge is 0.243 e. The highest BCUT2D eigenvalue weighted by Crippen LogP contribution is 2.26. The number of hydrogen-bond donors (Lipinski definition) is 1. The highest BCUT2D eigenvalue weighted by Gasteiger charge is 2.29. The van der Waals surface area contributed by atoms with Crippen molar-refractivity contribution >= 4 is 21.6 Å². The monoisotopic (exact) mass is 473 g/mol. The van der Waals surface area contributed by atoms with Gasteiger partial charge in [-0.3, -0.25) is 9.10 Å². The van der Waals surface area contributed by atoms with Gasteiger partial charge in [0.25, 0.3) is 0 Å². The molecule has 0 radical (unpaired) electrons. The second-order valence-electron chi connectivity index (χ2n) is 8.54. The normalized spacial score (nSPS) is 15.9. The van der Waals surface area contributed by atoms with E-state index < -0.39 is 16.1 Å². The zero-order chi connectivity index (χ0) is 23.7. The van der Waals surface area contributed by atoms with Gasteiger partial charge in [-0.15, -0.1) is 0 Å². The van der Waals surface area contributed by atoms with Crippen molar-refractivity contribution in [3.05, 3.63) is 54.6 Å². The Morgan fingerprint density at radius 3 is 2.21 bits per heavy atom. The highest BCUT2D eigenvalue weighted by molar-refractivity contribution is 7.92. The lowest BCUT2D eigenvalue weighted by atomic mass is 10.2. The molecule has 1 aliphatic heterocycles. The van der Waals surface area contributed by atoms with Gasteiger partial charge in [0.05, 0.1) is 11.9 Å². The van der Waals surface area contributed by atoms with Crippen LogP contribution in [0.25, 0.3) is 0 Å². The lowest BCUT2D eigenvalue weighted by Crippen LogP contribution is -2.48. The molecule has 2 aromatic rings. The van der Waals surface area contributed by atoms with Crippen LogP contribution < -0.4 is 14.4 Å². The van der Waals surface area contributed by atoms with E-state index in [0.29, 0.717) is 23.7 Å². The molecule has 0 unspecified atom stereocenters. The quantitative estimate of drug-likeness (QED) is 0.528. The maximum absolute atomic E-state index is 12.8. The van der Waals surface area contributed by atoms with E-state index >= 15 is 0 Å². The van der Waals surface area contributed by atoms with Crippen molar-refractivity contribution < 1.29 is 17.9 Å². The predicted molar refractivity (Wildman–Crippen MR) is 132 cm³/mol. The zero-order valence-corrected chi connectivity index (χ0v) is 20.4. The molecule has 2 aromatic carbocycles. The summed E-state index contributed by atoms with van der Waals surface area (Å²) in [4.78, 5) is 15.2. The number of ether oxygens (including phenoxy) is 1. The largest absolute Gasteiger partial charge is 0.457 e. The number of amides is 1. The first-order chi connectivity index (χ1) is 15.8. The number of anilines is 1. The molecular formula is C25H35N3O4S. The molecule has 1 fully saturated rings. The Balaban J connectivity index is 1.57. The number of sulfonamides is 1. The Labute approximate surface area is 197 Å². The Morgan fingerprint density at radius 2 is 1.61 bits per heavy atom. The number of rotatable bonds is 10. The number of nitrogens with zero attached hydrogens (tertiary/aromatic N) is 2. The van der Waals surface area contributed by atoms with Crippen LogP contribution in [0.5, 0.6) is 11.5 Å². The van der Waals surface area contributed by atoms with Crippen molar-refractivity contribution in [3.8, 4) is 11.5 Å². The summed E-state index contributed by atoms with van der Waals surface area (Å²) in [7, 11) is -3.66. The van der Waals surface area contributed by atoms with E-state index in [1.165, 1.54) is 25.7 Å². The first-order valence-electron chi connectivity index (χ1n) is 11.7. The fourth-order valence-electron chi connectivity index (χ4n) is 4.12. The van der Waals surface area contributed by atoms with E-state index in [1.807, 2.05) is 30.3 Å². The van der Waals surface area contributed by atoms with Crippen LogP contribution in [0.3, 0.4) is 0 Å². The minimum absolute atomic E-state index is 0.305. The molecule has 1 aliphatic rings. The van der Waals surface area contributed by atoms with E-state index in [2.05, 4.69) is 10.2 Å². The minimum atomic E-state index is -3.66. The van der Waals surface area contributed by atoms with Gasteiger partial charge < -0.3 is 15.0 Å². The van der Waals surface area contributed by atoms with Crippen molar-refractivity contribution in [2.45, 2.75) is 45.1 Å². The fourth-order valence-corrected chi connectivity index (χ4v) is 5.29.